The van der Waals surface area contributed by atoms with E-state index in [1.165, 1.54) is 23.1 Å². The van der Waals surface area contributed by atoms with E-state index in [1.807, 2.05) is 0 Å². The Morgan fingerprint density at radius 2 is 2.00 bits per heavy atom. The number of aromatic nitrogens is 5. The van der Waals surface area contributed by atoms with Crippen LogP contribution in [0.1, 0.15) is 6.42 Å². The molecule has 0 amide bonds. The summed E-state index contributed by atoms with van der Waals surface area (Å²) in [5.41, 5.74) is 6.56. The first-order valence-electron chi connectivity index (χ1n) is 8.80. The van der Waals surface area contributed by atoms with Crippen molar-refractivity contribution in [3.63, 3.8) is 0 Å². The minimum atomic E-state index is -3.75. The van der Waals surface area contributed by atoms with Crippen molar-refractivity contribution in [3.05, 3.63) is 36.7 Å². The molecule has 12 nitrogen and oxygen atoms in total. The van der Waals surface area contributed by atoms with Crippen LogP contribution in [-0.2, 0) is 10.0 Å². The number of hydrogen-bond acceptors (Lipinski definition) is 10. The Kier molecular flexibility index (Phi) is 5.00. The first kappa shape index (κ1) is 19.0. The van der Waals surface area contributed by atoms with Gasteiger partial charge in [-0.1, -0.05) is 0 Å². The summed E-state index contributed by atoms with van der Waals surface area (Å²) in [5.74, 6) is 1.52. The van der Waals surface area contributed by atoms with Crippen LogP contribution in [0.25, 0.3) is 5.82 Å². The molecule has 29 heavy (non-hydrogen) atoms. The minimum Gasteiger partial charge on any atom is -0.368 e. The maximum Gasteiger partial charge on any atom is 0.248 e. The number of benzene rings is 1. The van der Waals surface area contributed by atoms with E-state index in [9.17, 15) is 8.42 Å². The smallest absolute Gasteiger partial charge is 0.248 e. The Hall–Kier alpha value is -3.29. The monoisotopic (exact) mass is 416 g/mol. The van der Waals surface area contributed by atoms with Gasteiger partial charge in [-0.05, 0) is 37.2 Å². The molecule has 1 aromatic carbocycles. The lowest BCUT2D eigenvalue weighted by atomic mass is 10.2. The van der Waals surface area contributed by atoms with Gasteiger partial charge in [-0.3, -0.25) is 0 Å². The normalized spacial score (nSPS) is 16.7. The Balaban J connectivity index is 1.52. The van der Waals surface area contributed by atoms with Crippen molar-refractivity contribution in [3.8, 4) is 5.82 Å². The van der Waals surface area contributed by atoms with Gasteiger partial charge in [0.2, 0.25) is 21.9 Å². The van der Waals surface area contributed by atoms with Crippen molar-refractivity contribution in [1.29, 1.82) is 0 Å². The molecule has 2 aromatic heterocycles. The van der Waals surface area contributed by atoms with Gasteiger partial charge in [-0.2, -0.15) is 9.67 Å². The predicted octanol–water partition coefficient (Wildman–Crippen LogP) is -0.196. The molecule has 3 aromatic rings. The van der Waals surface area contributed by atoms with Crippen molar-refractivity contribution in [2.45, 2.75) is 17.4 Å². The third-order valence-corrected chi connectivity index (χ3v) is 5.28. The van der Waals surface area contributed by atoms with Gasteiger partial charge in [0.1, 0.15) is 12.1 Å². The average molecular weight is 416 g/mol. The number of hydrogen-bond donors (Lipinski definition) is 5. The highest BCUT2D eigenvalue weighted by atomic mass is 32.2. The van der Waals surface area contributed by atoms with Crippen LogP contribution < -0.4 is 26.8 Å². The Morgan fingerprint density at radius 3 is 2.69 bits per heavy atom. The summed E-state index contributed by atoms with van der Waals surface area (Å²) in [6.07, 6.45) is 2.45. The number of nitrogen functional groups attached to an aromatic ring is 1. The maximum atomic E-state index is 11.3. The fraction of sp³-hybridized carbons (Fsp3) is 0.250. The van der Waals surface area contributed by atoms with E-state index in [0.29, 0.717) is 23.4 Å². The highest BCUT2D eigenvalue weighted by molar-refractivity contribution is 7.89. The number of nitrogens with two attached hydrogens (primary N) is 2. The molecule has 3 heterocycles. The van der Waals surface area contributed by atoms with Crippen molar-refractivity contribution in [2.24, 2.45) is 5.14 Å². The third kappa shape index (κ3) is 4.42. The molecule has 1 aliphatic heterocycles. The van der Waals surface area contributed by atoms with Crippen LogP contribution in [-0.4, -0.2) is 52.3 Å². The van der Waals surface area contributed by atoms with Gasteiger partial charge in [0.25, 0.3) is 0 Å². The molecule has 0 unspecified atom stereocenters. The summed E-state index contributed by atoms with van der Waals surface area (Å²) in [4.78, 5) is 12.6. The Morgan fingerprint density at radius 1 is 1.21 bits per heavy atom. The van der Waals surface area contributed by atoms with E-state index in [0.717, 1.165) is 19.5 Å². The van der Waals surface area contributed by atoms with Crippen LogP contribution in [0.15, 0.2) is 41.6 Å². The largest absolute Gasteiger partial charge is 0.368 e. The van der Waals surface area contributed by atoms with Gasteiger partial charge in [-0.15, -0.1) is 5.10 Å². The number of nitrogens with one attached hydrogen (secondary N) is 3. The van der Waals surface area contributed by atoms with Crippen LogP contribution in [0.4, 0.5) is 23.4 Å². The van der Waals surface area contributed by atoms with Gasteiger partial charge in [0, 0.05) is 24.3 Å². The van der Waals surface area contributed by atoms with Crippen molar-refractivity contribution in [1.82, 2.24) is 30.0 Å². The molecule has 0 saturated carbocycles. The highest BCUT2D eigenvalue weighted by Gasteiger charge is 2.16. The molecule has 13 heteroatoms. The predicted molar refractivity (Wildman–Crippen MR) is 107 cm³/mol. The van der Waals surface area contributed by atoms with E-state index in [-0.39, 0.29) is 16.8 Å². The lowest BCUT2D eigenvalue weighted by Crippen LogP contribution is -2.22. The number of anilines is 4. The van der Waals surface area contributed by atoms with Crippen molar-refractivity contribution < 1.29 is 8.42 Å². The topological polar surface area (TPSA) is 179 Å². The van der Waals surface area contributed by atoms with E-state index in [1.54, 1.807) is 18.2 Å². The standard InChI is InChI=1S/C16H20N10O2S/c17-15-24-16(23-10-1-3-12(4-2-10)29(18,27)28)25-26(15)14-7-13(20-9-21-14)22-11-5-6-19-8-11/h1-4,7,9,11,19H,5-6,8H2,(H2,18,27,28)(H,20,21,22)(H3,17,23,24,25)/t11-/m0/s1. The van der Waals surface area contributed by atoms with Crippen LogP contribution in [0.2, 0.25) is 0 Å². The fourth-order valence-electron chi connectivity index (χ4n) is 2.93. The van der Waals surface area contributed by atoms with E-state index in [4.69, 9.17) is 10.9 Å². The van der Waals surface area contributed by atoms with Gasteiger partial charge >= 0.3 is 0 Å². The molecular formula is C16H20N10O2S. The summed E-state index contributed by atoms with van der Waals surface area (Å²) in [5, 5.41) is 19.0. The first-order valence-corrected chi connectivity index (χ1v) is 10.4. The lowest BCUT2D eigenvalue weighted by Gasteiger charge is -2.12. The molecule has 7 N–H and O–H groups in total. The van der Waals surface area contributed by atoms with Crippen LogP contribution in [0, 0.1) is 0 Å². The third-order valence-electron chi connectivity index (χ3n) is 4.35. The van der Waals surface area contributed by atoms with Crippen LogP contribution >= 0.6 is 0 Å². The molecule has 1 atom stereocenters. The summed E-state index contributed by atoms with van der Waals surface area (Å²) in [6, 6.07) is 7.94. The molecule has 0 bridgehead atoms. The van der Waals surface area contributed by atoms with Crippen molar-refractivity contribution in [2.75, 3.05) is 29.5 Å². The molecule has 0 spiro atoms. The minimum absolute atomic E-state index is 0.0135. The first-order chi connectivity index (χ1) is 13.9. The zero-order valence-electron chi connectivity index (χ0n) is 15.3. The molecular weight excluding hydrogens is 396 g/mol. The van der Waals surface area contributed by atoms with Gasteiger partial charge in [-0.25, -0.2) is 23.5 Å². The quantitative estimate of drug-likeness (QED) is 0.361. The second kappa shape index (κ2) is 7.62. The molecule has 1 fully saturated rings. The van der Waals surface area contributed by atoms with E-state index < -0.39 is 10.0 Å². The summed E-state index contributed by atoms with van der Waals surface area (Å²) >= 11 is 0. The molecule has 0 aliphatic carbocycles. The second-order valence-electron chi connectivity index (χ2n) is 6.50. The van der Waals surface area contributed by atoms with Crippen molar-refractivity contribution >= 4 is 33.4 Å². The summed E-state index contributed by atoms with van der Waals surface area (Å²) in [6.45, 7) is 1.85. The lowest BCUT2D eigenvalue weighted by molar-refractivity contribution is 0.598. The fourth-order valence-corrected chi connectivity index (χ4v) is 3.45. The number of rotatable bonds is 6. The molecule has 1 saturated heterocycles. The molecule has 4 rings (SSSR count). The second-order valence-corrected chi connectivity index (χ2v) is 8.06. The van der Waals surface area contributed by atoms with Crippen LogP contribution in [0.3, 0.4) is 0 Å². The highest BCUT2D eigenvalue weighted by Crippen LogP contribution is 2.19. The van der Waals surface area contributed by atoms with Gasteiger partial charge < -0.3 is 21.7 Å². The zero-order chi connectivity index (χ0) is 20.4. The van der Waals surface area contributed by atoms with Gasteiger partial charge in [0.05, 0.1) is 4.90 Å². The number of nitrogens with zero attached hydrogens (tertiary/aromatic N) is 5. The summed E-state index contributed by atoms with van der Waals surface area (Å²) < 4.78 is 24.1. The van der Waals surface area contributed by atoms with E-state index in [2.05, 4.69) is 36.0 Å². The Bertz CT molecular complexity index is 1110. The summed E-state index contributed by atoms with van der Waals surface area (Å²) in [7, 11) is -3.75. The number of sulfonamides is 1. The molecule has 152 valence electrons. The maximum absolute atomic E-state index is 11.3. The molecule has 0 radical (unpaired) electrons. The van der Waals surface area contributed by atoms with Crippen LogP contribution in [0.5, 0.6) is 0 Å². The zero-order valence-corrected chi connectivity index (χ0v) is 16.1. The Labute approximate surface area is 166 Å². The number of primary sulfonamides is 1. The SMILES string of the molecule is Nc1nc(Nc2ccc(S(N)(=O)=O)cc2)nn1-c1cc(N[C@H]2CCNC2)ncn1. The molecule has 1 aliphatic rings. The average Bonchev–Trinajstić information content (AvgIpc) is 3.31. The van der Waals surface area contributed by atoms with E-state index >= 15 is 0 Å². The van der Waals surface area contributed by atoms with Gasteiger partial charge in [0.15, 0.2) is 5.82 Å².